The first-order valence-corrected chi connectivity index (χ1v) is 8.32. The first kappa shape index (κ1) is 22.3. The molecule has 0 aliphatic heterocycles. The number of esters is 2. The summed E-state index contributed by atoms with van der Waals surface area (Å²) in [6, 6.07) is 0. The van der Waals surface area contributed by atoms with Gasteiger partial charge >= 0.3 is 11.9 Å². The summed E-state index contributed by atoms with van der Waals surface area (Å²) in [7, 11) is 3.85. The van der Waals surface area contributed by atoms with Crippen LogP contribution in [0, 0.1) is 0 Å². The second kappa shape index (κ2) is 12.7. The Balaban J connectivity index is 3.92. The Labute approximate surface area is 146 Å². The van der Waals surface area contributed by atoms with Crippen LogP contribution in [0.3, 0.4) is 0 Å². The van der Waals surface area contributed by atoms with E-state index in [0.29, 0.717) is 43.9 Å². The summed E-state index contributed by atoms with van der Waals surface area (Å²) >= 11 is 0. The molecule has 0 saturated heterocycles. The van der Waals surface area contributed by atoms with E-state index >= 15 is 0 Å². The van der Waals surface area contributed by atoms with Crippen molar-refractivity contribution in [2.45, 2.75) is 26.7 Å². The highest BCUT2D eigenvalue weighted by atomic mass is 16.5. The molecule has 0 spiro atoms. The van der Waals surface area contributed by atoms with E-state index in [1.54, 1.807) is 6.92 Å². The number of hydrogen-bond donors (Lipinski definition) is 0. The predicted octanol–water partition coefficient (Wildman–Crippen LogP) is 1.87. The Morgan fingerprint density at radius 1 is 0.958 bits per heavy atom. The molecule has 6 nitrogen and oxygen atoms in total. The summed E-state index contributed by atoms with van der Waals surface area (Å²) in [4.78, 5) is 27.2. The summed E-state index contributed by atoms with van der Waals surface area (Å²) in [5.41, 5.74) is 0.903. The summed E-state index contributed by atoms with van der Waals surface area (Å²) < 4.78 is 10.2. The minimum Gasteiger partial charge on any atom is -0.461 e. The molecule has 0 aromatic carbocycles. The smallest absolute Gasteiger partial charge is 0.333 e. The lowest BCUT2D eigenvalue weighted by atomic mass is 10.1. The summed E-state index contributed by atoms with van der Waals surface area (Å²) in [5, 5.41) is 0. The molecule has 6 heteroatoms. The molecule has 0 bridgehead atoms. The van der Waals surface area contributed by atoms with Crippen LogP contribution in [-0.2, 0) is 19.1 Å². The van der Waals surface area contributed by atoms with Gasteiger partial charge in [-0.05, 0) is 47.0 Å². The number of carbonyl (C=O) groups excluding carboxylic acids is 2. The fourth-order valence-electron chi connectivity index (χ4n) is 1.86. The van der Waals surface area contributed by atoms with E-state index < -0.39 is 0 Å². The van der Waals surface area contributed by atoms with Crippen molar-refractivity contribution in [2.24, 2.45) is 0 Å². The fourth-order valence-corrected chi connectivity index (χ4v) is 1.86. The van der Waals surface area contributed by atoms with Gasteiger partial charge in [-0.3, -0.25) is 0 Å². The summed E-state index contributed by atoms with van der Waals surface area (Å²) in [5.74, 6) is -0.685. The quantitative estimate of drug-likeness (QED) is 0.377. The number of ether oxygens (including phenoxy) is 2. The first-order chi connectivity index (χ1) is 11.3. The predicted molar refractivity (Wildman–Crippen MR) is 95.8 cm³/mol. The highest BCUT2D eigenvalue weighted by Gasteiger charge is 2.10. The molecule has 24 heavy (non-hydrogen) atoms. The van der Waals surface area contributed by atoms with Crippen LogP contribution in [0.2, 0.25) is 0 Å². The molecule has 0 heterocycles. The molecule has 0 atom stereocenters. The normalized spacial score (nSPS) is 10.8. The van der Waals surface area contributed by atoms with Crippen LogP contribution in [0.4, 0.5) is 0 Å². The molecular formula is C18H32N2O4. The zero-order valence-corrected chi connectivity index (χ0v) is 15.6. The lowest BCUT2D eigenvalue weighted by molar-refractivity contribution is -0.140. The Morgan fingerprint density at radius 2 is 1.54 bits per heavy atom. The van der Waals surface area contributed by atoms with Crippen molar-refractivity contribution in [1.29, 1.82) is 0 Å². The van der Waals surface area contributed by atoms with E-state index in [0.717, 1.165) is 19.5 Å². The van der Waals surface area contributed by atoms with Gasteiger partial charge in [-0.2, -0.15) is 0 Å². The molecule has 0 N–H and O–H groups in total. The van der Waals surface area contributed by atoms with Gasteiger partial charge in [-0.25, -0.2) is 9.59 Å². The maximum Gasteiger partial charge on any atom is 0.333 e. The Kier molecular flexibility index (Phi) is 11.8. The summed E-state index contributed by atoms with van der Waals surface area (Å²) in [6.07, 6.45) is 1.41. The van der Waals surface area contributed by atoms with Crippen molar-refractivity contribution >= 4 is 11.9 Å². The molecule has 0 radical (unpaired) electrons. The Bertz CT molecular complexity index is 433. The molecule has 0 aliphatic rings. The highest BCUT2D eigenvalue weighted by molar-refractivity contribution is 5.87. The highest BCUT2D eigenvalue weighted by Crippen LogP contribution is 2.06. The maximum absolute atomic E-state index is 11.8. The van der Waals surface area contributed by atoms with Gasteiger partial charge in [-0.15, -0.1) is 0 Å². The third kappa shape index (κ3) is 11.0. The second-order valence-corrected chi connectivity index (χ2v) is 6.00. The van der Waals surface area contributed by atoms with Crippen molar-refractivity contribution in [3.8, 4) is 0 Å². The molecule has 0 saturated carbocycles. The number of hydrogen-bond acceptors (Lipinski definition) is 6. The van der Waals surface area contributed by atoms with Crippen molar-refractivity contribution in [2.75, 3.05) is 53.5 Å². The van der Waals surface area contributed by atoms with E-state index in [-0.39, 0.29) is 11.9 Å². The molecule has 0 aliphatic carbocycles. The average Bonchev–Trinajstić information content (AvgIpc) is 2.52. The zero-order chi connectivity index (χ0) is 18.5. The molecule has 138 valence electrons. The van der Waals surface area contributed by atoms with Crippen LogP contribution in [0.5, 0.6) is 0 Å². The number of nitrogens with zero attached hydrogens (tertiary/aromatic N) is 2. The number of likely N-dealkylation sites (N-methyl/N-ethyl adjacent to an activating group) is 2. The number of rotatable bonds is 13. The van der Waals surface area contributed by atoms with Crippen molar-refractivity contribution in [1.82, 2.24) is 9.80 Å². The largest absolute Gasteiger partial charge is 0.461 e. The third-order valence-electron chi connectivity index (χ3n) is 3.45. The monoisotopic (exact) mass is 340 g/mol. The lowest BCUT2D eigenvalue weighted by Crippen LogP contribution is -2.29. The van der Waals surface area contributed by atoms with Crippen LogP contribution >= 0.6 is 0 Å². The minimum absolute atomic E-state index is 0.324. The van der Waals surface area contributed by atoms with Crippen molar-refractivity contribution in [3.63, 3.8) is 0 Å². The maximum atomic E-state index is 11.8. The van der Waals surface area contributed by atoms with E-state index in [4.69, 9.17) is 9.47 Å². The van der Waals surface area contributed by atoms with E-state index in [9.17, 15) is 9.59 Å². The third-order valence-corrected chi connectivity index (χ3v) is 3.45. The van der Waals surface area contributed by atoms with E-state index in [1.165, 1.54) is 0 Å². The molecule has 0 rings (SSSR count). The SMILES string of the molecule is C=C(C)C(=O)OCCN(CC)CCCC(=C)C(=O)OCCN(C)C. The van der Waals surface area contributed by atoms with Gasteiger partial charge in [-0.1, -0.05) is 20.1 Å². The van der Waals surface area contributed by atoms with Gasteiger partial charge in [0.2, 0.25) is 0 Å². The molecule has 0 fully saturated rings. The van der Waals surface area contributed by atoms with Crippen LogP contribution < -0.4 is 0 Å². The van der Waals surface area contributed by atoms with E-state index in [1.807, 2.05) is 25.9 Å². The number of carbonyl (C=O) groups is 2. The standard InChI is InChI=1S/C18H32N2O4/c1-7-20(12-14-23-17(21)15(2)3)10-8-9-16(4)18(22)24-13-11-19(5)6/h2,4,7-14H2,1,3,5-6H3. The van der Waals surface area contributed by atoms with Gasteiger partial charge in [0.15, 0.2) is 0 Å². The fraction of sp³-hybridized carbons (Fsp3) is 0.667. The van der Waals surface area contributed by atoms with Gasteiger partial charge < -0.3 is 19.3 Å². The van der Waals surface area contributed by atoms with Crippen LogP contribution in [0.1, 0.15) is 26.7 Å². The molecule has 0 unspecified atom stereocenters. The Hall–Kier alpha value is -1.66. The van der Waals surface area contributed by atoms with Crippen LogP contribution in [-0.4, -0.2) is 75.2 Å². The first-order valence-electron chi connectivity index (χ1n) is 8.32. The molecular weight excluding hydrogens is 308 g/mol. The van der Waals surface area contributed by atoms with Crippen LogP contribution in [0.15, 0.2) is 24.3 Å². The van der Waals surface area contributed by atoms with Crippen molar-refractivity contribution in [3.05, 3.63) is 24.3 Å². The topological polar surface area (TPSA) is 59.1 Å². The zero-order valence-electron chi connectivity index (χ0n) is 15.6. The molecule has 0 amide bonds. The van der Waals surface area contributed by atoms with Gasteiger partial charge in [0.1, 0.15) is 13.2 Å². The minimum atomic E-state index is -0.361. The second-order valence-electron chi connectivity index (χ2n) is 6.00. The van der Waals surface area contributed by atoms with Gasteiger partial charge in [0, 0.05) is 24.2 Å². The van der Waals surface area contributed by atoms with E-state index in [2.05, 4.69) is 18.1 Å². The van der Waals surface area contributed by atoms with Crippen LogP contribution in [0.25, 0.3) is 0 Å². The molecule has 0 aromatic rings. The lowest BCUT2D eigenvalue weighted by Gasteiger charge is -2.20. The molecule has 0 aromatic heterocycles. The summed E-state index contributed by atoms with van der Waals surface area (Å²) in [6.45, 7) is 14.8. The Morgan fingerprint density at radius 3 is 2.08 bits per heavy atom. The average molecular weight is 340 g/mol. The van der Waals surface area contributed by atoms with Crippen molar-refractivity contribution < 1.29 is 19.1 Å². The van der Waals surface area contributed by atoms with Gasteiger partial charge in [0.05, 0.1) is 0 Å². The van der Waals surface area contributed by atoms with Gasteiger partial charge in [0.25, 0.3) is 0 Å².